The van der Waals surface area contributed by atoms with E-state index in [1.54, 1.807) is 11.8 Å². The topological polar surface area (TPSA) is 68.3 Å². The maximum Gasteiger partial charge on any atom is 0.162 e. The molecule has 0 atom stereocenters. The zero-order chi connectivity index (χ0) is 12.8. The van der Waals surface area contributed by atoms with Gasteiger partial charge in [0.05, 0.1) is 19.0 Å². The van der Waals surface area contributed by atoms with E-state index in [0.29, 0.717) is 13.0 Å². The summed E-state index contributed by atoms with van der Waals surface area (Å²) in [5.74, 6) is 2.89. The van der Waals surface area contributed by atoms with E-state index in [4.69, 9.17) is 20.6 Å². The Labute approximate surface area is 111 Å². The smallest absolute Gasteiger partial charge is 0.162 e. The predicted molar refractivity (Wildman–Crippen MR) is 73.9 cm³/mol. The molecule has 5 heteroatoms. The van der Waals surface area contributed by atoms with Crippen LogP contribution in [0.25, 0.3) is 0 Å². The first-order valence-corrected chi connectivity index (χ1v) is 7.09. The van der Waals surface area contributed by atoms with Crippen molar-refractivity contribution in [1.29, 1.82) is 5.41 Å². The summed E-state index contributed by atoms with van der Waals surface area (Å²) in [7, 11) is 0. The molecule has 1 aliphatic rings. The van der Waals surface area contributed by atoms with Gasteiger partial charge in [-0.05, 0) is 30.4 Å². The van der Waals surface area contributed by atoms with Crippen molar-refractivity contribution in [3.8, 4) is 11.5 Å². The number of fused-ring (bicyclic) bond motifs is 1. The van der Waals surface area contributed by atoms with Gasteiger partial charge in [-0.15, -0.1) is 11.8 Å². The average Bonchev–Trinajstić information content (AvgIpc) is 2.59. The van der Waals surface area contributed by atoms with Crippen LogP contribution in [0.5, 0.6) is 11.5 Å². The zero-order valence-electron chi connectivity index (χ0n) is 10.3. The molecule has 0 unspecified atom stereocenters. The van der Waals surface area contributed by atoms with Crippen LogP contribution in [0.2, 0.25) is 0 Å². The number of hydrogen-bond acceptors (Lipinski definition) is 4. The van der Waals surface area contributed by atoms with Crippen LogP contribution in [0.1, 0.15) is 19.3 Å². The van der Waals surface area contributed by atoms with Gasteiger partial charge in [0.2, 0.25) is 0 Å². The third-order valence-corrected chi connectivity index (χ3v) is 3.66. The molecule has 18 heavy (non-hydrogen) atoms. The van der Waals surface area contributed by atoms with Crippen LogP contribution in [-0.4, -0.2) is 24.8 Å². The summed E-state index contributed by atoms with van der Waals surface area (Å²) in [4.78, 5) is 1.17. The second kappa shape index (κ2) is 6.54. The van der Waals surface area contributed by atoms with Gasteiger partial charge in [0.25, 0.3) is 0 Å². The number of nitrogens with one attached hydrogen (secondary N) is 1. The van der Waals surface area contributed by atoms with E-state index in [9.17, 15) is 0 Å². The minimum absolute atomic E-state index is 0.259. The maximum absolute atomic E-state index is 7.16. The normalized spacial score (nSPS) is 14.0. The fourth-order valence-electron chi connectivity index (χ4n) is 1.69. The van der Waals surface area contributed by atoms with Gasteiger partial charge in [0, 0.05) is 17.7 Å². The maximum atomic E-state index is 7.16. The van der Waals surface area contributed by atoms with Crippen molar-refractivity contribution in [2.75, 3.05) is 19.0 Å². The molecule has 1 aromatic rings. The van der Waals surface area contributed by atoms with Gasteiger partial charge in [-0.2, -0.15) is 0 Å². The summed E-state index contributed by atoms with van der Waals surface area (Å²) in [6.07, 6.45) is 2.52. The highest BCUT2D eigenvalue weighted by atomic mass is 32.2. The molecule has 4 nitrogen and oxygen atoms in total. The average molecular weight is 266 g/mol. The Hall–Kier alpha value is -1.36. The van der Waals surface area contributed by atoms with Gasteiger partial charge >= 0.3 is 0 Å². The molecule has 0 spiro atoms. The summed E-state index contributed by atoms with van der Waals surface area (Å²) < 4.78 is 11.2. The fraction of sp³-hybridized carbons (Fsp3) is 0.462. The predicted octanol–water partition coefficient (Wildman–Crippen LogP) is 2.66. The van der Waals surface area contributed by atoms with Crippen LogP contribution in [-0.2, 0) is 0 Å². The Bertz CT molecular complexity index is 423. The highest BCUT2D eigenvalue weighted by molar-refractivity contribution is 7.99. The monoisotopic (exact) mass is 266 g/mol. The number of benzene rings is 1. The molecular formula is C13H18N2O2S. The number of rotatable bonds is 5. The largest absolute Gasteiger partial charge is 0.490 e. The number of amidine groups is 1. The van der Waals surface area contributed by atoms with Gasteiger partial charge in [-0.1, -0.05) is 0 Å². The summed E-state index contributed by atoms with van der Waals surface area (Å²) in [6, 6.07) is 6.04. The molecule has 1 aliphatic heterocycles. The van der Waals surface area contributed by atoms with Crippen molar-refractivity contribution in [2.45, 2.75) is 24.2 Å². The second-order valence-corrected chi connectivity index (χ2v) is 5.30. The molecular weight excluding hydrogens is 248 g/mol. The van der Waals surface area contributed by atoms with Crippen molar-refractivity contribution in [1.82, 2.24) is 0 Å². The van der Waals surface area contributed by atoms with Crippen molar-refractivity contribution < 1.29 is 9.47 Å². The van der Waals surface area contributed by atoms with Gasteiger partial charge in [0.15, 0.2) is 11.5 Å². The molecule has 0 saturated heterocycles. The second-order valence-electron chi connectivity index (χ2n) is 4.14. The number of hydrogen-bond donors (Lipinski definition) is 2. The summed E-state index contributed by atoms with van der Waals surface area (Å²) in [5.41, 5.74) is 5.32. The minimum Gasteiger partial charge on any atom is -0.490 e. The Kier molecular flexibility index (Phi) is 4.75. The summed E-state index contributed by atoms with van der Waals surface area (Å²) in [5, 5.41) is 7.16. The molecule has 0 fully saturated rings. The van der Waals surface area contributed by atoms with Crippen LogP contribution >= 0.6 is 11.8 Å². The van der Waals surface area contributed by atoms with E-state index in [0.717, 1.165) is 36.7 Å². The van der Waals surface area contributed by atoms with Crippen molar-refractivity contribution >= 4 is 17.6 Å². The van der Waals surface area contributed by atoms with E-state index in [2.05, 4.69) is 0 Å². The summed E-state index contributed by atoms with van der Waals surface area (Å²) >= 11 is 1.75. The molecule has 98 valence electrons. The zero-order valence-corrected chi connectivity index (χ0v) is 11.1. The third-order valence-electron chi connectivity index (χ3n) is 2.58. The molecule has 0 bridgehead atoms. The third kappa shape index (κ3) is 3.84. The Morgan fingerprint density at radius 3 is 2.83 bits per heavy atom. The van der Waals surface area contributed by atoms with E-state index in [1.165, 1.54) is 4.90 Å². The highest BCUT2D eigenvalue weighted by Gasteiger charge is 2.10. The molecule has 2 rings (SSSR count). The van der Waals surface area contributed by atoms with Gasteiger partial charge in [-0.25, -0.2) is 0 Å². The first-order valence-electron chi connectivity index (χ1n) is 6.11. The van der Waals surface area contributed by atoms with Crippen LogP contribution in [0.4, 0.5) is 0 Å². The van der Waals surface area contributed by atoms with Crippen LogP contribution in [0.15, 0.2) is 23.1 Å². The van der Waals surface area contributed by atoms with Gasteiger partial charge < -0.3 is 15.2 Å². The number of thioether (sulfide) groups is 1. The van der Waals surface area contributed by atoms with Crippen LogP contribution < -0.4 is 15.2 Å². The van der Waals surface area contributed by atoms with Gasteiger partial charge in [-0.3, -0.25) is 5.41 Å². The molecule has 0 aliphatic carbocycles. The molecule has 0 saturated carbocycles. The van der Waals surface area contributed by atoms with E-state index in [1.807, 2.05) is 18.2 Å². The lowest BCUT2D eigenvalue weighted by atomic mass is 10.3. The molecule has 1 heterocycles. The Balaban J connectivity index is 1.89. The van der Waals surface area contributed by atoms with Crippen molar-refractivity contribution in [3.05, 3.63) is 18.2 Å². The van der Waals surface area contributed by atoms with Crippen LogP contribution in [0, 0.1) is 5.41 Å². The SMILES string of the molecule is N=C(N)CCCSc1ccc2c(c1)OCCCO2. The molecule has 1 aromatic carbocycles. The first kappa shape index (κ1) is 13.1. The lowest BCUT2D eigenvalue weighted by Crippen LogP contribution is -2.08. The van der Waals surface area contributed by atoms with Crippen LogP contribution in [0.3, 0.4) is 0 Å². The molecule has 0 amide bonds. The number of ether oxygens (including phenoxy) is 2. The quantitative estimate of drug-likeness (QED) is 0.372. The number of nitrogens with two attached hydrogens (primary N) is 1. The molecule has 0 aromatic heterocycles. The van der Waals surface area contributed by atoms with E-state index < -0.39 is 0 Å². The van der Waals surface area contributed by atoms with E-state index >= 15 is 0 Å². The van der Waals surface area contributed by atoms with Crippen molar-refractivity contribution in [2.24, 2.45) is 5.73 Å². The first-order chi connectivity index (χ1) is 8.75. The van der Waals surface area contributed by atoms with Crippen molar-refractivity contribution in [3.63, 3.8) is 0 Å². The Morgan fingerprint density at radius 2 is 2.06 bits per heavy atom. The highest BCUT2D eigenvalue weighted by Crippen LogP contribution is 2.34. The standard InChI is InChI=1S/C13H18N2O2S/c14-13(15)3-1-8-18-10-4-5-11-12(9-10)17-7-2-6-16-11/h4-5,9H,1-3,6-8H2,(H3,14,15). The summed E-state index contributed by atoms with van der Waals surface area (Å²) in [6.45, 7) is 1.43. The minimum atomic E-state index is 0.259. The fourth-order valence-corrected chi connectivity index (χ4v) is 2.57. The van der Waals surface area contributed by atoms with Gasteiger partial charge in [0.1, 0.15) is 0 Å². The lowest BCUT2D eigenvalue weighted by Gasteiger charge is -2.09. The molecule has 0 radical (unpaired) electrons. The Morgan fingerprint density at radius 1 is 1.28 bits per heavy atom. The molecule has 3 N–H and O–H groups in total. The van der Waals surface area contributed by atoms with E-state index in [-0.39, 0.29) is 5.84 Å². The lowest BCUT2D eigenvalue weighted by molar-refractivity contribution is 0.297.